The topological polar surface area (TPSA) is 80.4 Å². The highest BCUT2D eigenvalue weighted by atomic mass is 79.9. The number of hydrogen-bond acceptors (Lipinski definition) is 5. The number of thioether (sulfide) groups is 1. The van der Waals surface area contributed by atoms with E-state index in [1.165, 1.54) is 17.8 Å². The van der Waals surface area contributed by atoms with Gasteiger partial charge in [0.2, 0.25) is 0 Å². The Balaban J connectivity index is 1.68. The standard InChI is InChI=1S/C20H20BrFN4OS/c21-13-4-7-17(24-10-13)18(27)25-14-5-6-16(22)15(9-14)20-8-2-1-3-12(20)11-28-19(23)26-20/h4-7,9-10,12H,1-3,8,11H2,(H2,23,26)(H,25,27)/t12-,20-/m0/s1. The van der Waals surface area contributed by atoms with E-state index in [0.717, 1.165) is 35.9 Å². The molecular weight excluding hydrogens is 443 g/mol. The Morgan fingerprint density at radius 1 is 1.32 bits per heavy atom. The molecule has 2 atom stereocenters. The largest absolute Gasteiger partial charge is 0.379 e. The maximum Gasteiger partial charge on any atom is 0.274 e. The summed E-state index contributed by atoms with van der Waals surface area (Å²) >= 11 is 4.84. The number of hydrogen-bond donors (Lipinski definition) is 2. The molecule has 2 heterocycles. The first-order valence-corrected chi connectivity index (χ1v) is 11.0. The Bertz CT molecular complexity index is 936. The van der Waals surface area contributed by atoms with Crippen LogP contribution in [0.4, 0.5) is 10.1 Å². The molecule has 1 aliphatic carbocycles. The second-order valence-electron chi connectivity index (χ2n) is 7.14. The van der Waals surface area contributed by atoms with E-state index in [1.807, 2.05) is 0 Å². The molecule has 3 N–H and O–H groups in total. The van der Waals surface area contributed by atoms with Crippen molar-refractivity contribution in [2.24, 2.45) is 16.6 Å². The maximum atomic E-state index is 14.9. The number of carbonyl (C=O) groups excluding carboxylic acids is 1. The van der Waals surface area contributed by atoms with Crippen LogP contribution in [0.5, 0.6) is 0 Å². The molecule has 5 nitrogen and oxygen atoms in total. The molecule has 1 saturated carbocycles. The molecule has 0 radical (unpaired) electrons. The number of aliphatic imine (C=N–C) groups is 1. The minimum atomic E-state index is -0.645. The minimum Gasteiger partial charge on any atom is -0.379 e. The van der Waals surface area contributed by atoms with Gasteiger partial charge in [0, 0.05) is 27.7 Å². The third kappa shape index (κ3) is 3.67. The van der Waals surface area contributed by atoms with Crippen LogP contribution >= 0.6 is 27.7 Å². The van der Waals surface area contributed by atoms with Crippen molar-refractivity contribution in [2.45, 2.75) is 31.2 Å². The molecule has 0 unspecified atom stereocenters. The summed E-state index contributed by atoms with van der Waals surface area (Å²) in [5, 5.41) is 3.33. The molecule has 1 fully saturated rings. The molecular formula is C20H20BrFN4OS. The van der Waals surface area contributed by atoms with E-state index in [2.05, 4.69) is 26.2 Å². The predicted molar refractivity (Wildman–Crippen MR) is 114 cm³/mol. The number of amidine groups is 1. The molecule has 1 aliphatic heterocycles. The number of anilines is 1. The molecule has 0 bridgehead atoms. The van der Waals surface area contributed by atoms with Crippen LogP contribution in [0.3, 0.4) is 0 Å². The van der Waals surface area contributed by atoms with E-state index in [4.69, 9.17) is 10.7 Å². The Hall–Kier alpha value is -1.93. The maximum absolute atomic E-state index is 14.9. The van der Waals surface area contributed by atoms with Gasteiger partial charge in [-0.25, -0.2) is 9.37 Å². The van der Waals surface area contributed by atoms with E-state index in [9.17, 15) is 9.18 Å². The molecule has 1 aromatic carbocycles. The van der Waals surface area contributed by atoms with E-state index >= 15 is 0 Å². The SMILES string of the molecule is NC1=N[C@@]2(c3cc(NC(=O)c4ccc(Br)cn4)ccc3F)CCCC[C@H]2CS1. The monoisotopic (exact) mass is 462 g/mol. The van der Waals surface area contributed by atoms with Crippen LogP contribution in [0.2, 0.25) is 0 Å². The molecule has 0 saturated heterocycles. The number of nitrogens with two attached hydrogens (primary N) is 1. The highest BCUT2D eigenvalue weighted by molar-refractivity contribution is 9.10. The zero-order chi connectivity index (χ0) is 19.7. The normalized spacial score (nSPS) is 24.2. The van der Waals surface area contributed by atoms with Gasteiger partial charge in [-0.3, -0.25) is 9.79 Å². The summed E-state index contributed by atoms with van der Waals surface area (Å²) in [4.78, 5) is 21.3. The van der Waals surface area contributed by atoms with Crippen LogP contribution in [0.1, 0.15) is 41.7 Å². The lowest BCUT2D eigenvalue weighted by Crippen LogP contribution is -2.43. The Labute approximate surface area is 175 Å². The van der Waals surface area contributed by atoms with Crippen molar-refractivity contribution >= 4 is 44.5 Å². The Kier molecular flexibility index (Phi) is 5.42. The van der Waals surface area contributed by atoms with Crippen LogP contribution in [0.25, 0.3) is 0 Å². The first kappa shape index (κ1) is 19.4. The van der Waals surface area contributed by atoms with Gasteiger partial charge in [0.1, 0.15) is 11.5 Å². The smallest absolute Gasteiger partial charge is 0.274 e. The van der Waals surface area contributed by atoms with E-state index < -0.39 is 5.54 Å². The van der Waals surface area contributed by atoms with Gasteiger partial charge in [0.05, 0.1) is 5.54 Å². The first-order valence-electron chi connectivity index (χ1n) is 9.19. The van der Waals surface area contributed by atoms with Gasteiger partial charge in [-0.05, 0) is 65.0 Å². The predicted octanol–water partition coefficient (Wildman–Crippen LogP) is 4.68. The average Bonchev–Trinajstić information content (AvgIpc) is 2.69. The highest BCUT2D eigenvalue weighted by Gasteiger charge is 2.46. The molecule has 2 aromatic rings. The van der Waals surface area contributed by atoms with Crippen LogP contribution in [0, 0.1) is 11.7 Å². The van der Waals surface area contributed by atoms with Gasteiger partial charge in [-0.15, -0.1) is 0 Å². The fourth-order valence-electron chi connectivity index (χ4n) is 4.07. The summed E-state index contributed by atoms with van der Waals surface area (Å²) in [7, 11) is 0. The first-order chi connectivity index (χ1) is 13.5. The molecule has 0 spiro atoms. The van der Waals surface area contributed by atoms with Crippen LogP contribution in [-0.2, 0) is 5.54 Å². The molecule has 2 aliphatic rings. The van der Waals surface area contributed by atoms with Gasteiger partial charge in [0.15, 0.2) is 5.17 Å². The van der Waals surface area contributed by atoms with Crippen molar-refractivity contribution in [1.82, 2.24) is 4.98 Å². The van der Waals surface area contributed by atoms with Gasteiger partial charge < -0.3 is 11.1 Å². The summed E-state index contributed by atoms with van der Waals surface area (Å²) in [5.41, 5.74) is 6.72. The summed E-state index contributed by atoms with van der Waals surface area (Å²) < 4.78 is 15.7. The second-order valence-corrected chi connectivity index (χ2v) is 9.09. The fraction of sp³-hybridized carbons (Fsp3) is 0.350. The second kappa shape index (κ2) is 7.83. The van der Waals surface area contributed by atoms with Gasteiger partial charge >= 0.3 is 0 Å². The lowest BCUT2D eigenvalue weighted by molar-refractivity contribution is 0.102. The molecule has 28 heavy (non-hydrogen) atoms. The molecule has 146 valence electrons. The number of aromatic nitrogens is 1. The third-order valence-electron chi connectivity index (χ3n) is 5.43. The zero-order valence-corrected chi connectivity index (χ0v) is 17.5. The Morgan fingerprint density at radius 2 is 2.18 bits per heavy atom. The van der Waals surface area contributed by atoms with E-state index in [1.54, 1.807) is 30.5 Å². The number of amides is 1. The van der Waals surface area contributed by atoms with Gasteiger partial charge in [-0.1, -0.05) is 24.6 Å². The van der Waals surface area contributed by atoms with Crippen molar-refractivity contribution in [3.63, 3.8) is 0 Å². The summed E-state index contributed by atoms with van der Waals surface area (Å²) in [5.74, 6) is 0.431. The van der Waals surface area contributed by atoms with Crippen molar-refractivity contribution < 1.29 is 9.18 Å². The number of fused-ring (bicyclic) bond motifs is 1. The average molecular weight is 463 g/mol. The highest BCUT2D eigenvalue weighted by Crippen LogP contribution is 2.50. The number of halogens is 2. The zero-order valence-electron chi connectivity index (χ0n) is 15.1. The molecule has 4 rings (SSSR count). The van der Waals surface area contributed by atoms with Crippen molar-refractivity contribution in [1.29, 1.82) is 0 Å². The fourth-order valence-corrected chi connectivity index (χ4v) is 5.34. The van der Waals surface area contributed by atoms with Gasteiger partial charge in [0.25, 0.3) is 5.91 Å². The van der Waals surface area contributed by atoms with E-state index in [0.29, 0.717) is 22.1 Å². The number of nitrogens with zero attached hydrogens (tertiary/aromatic N) is 2. The van der Waals surface area contributed by atoms with E-state index in [-0.39, 0.29) is 17.6 Å². The summed E-state index contributed by atoms with van der Waals surface area (Å²) in [6.07, 6.45) is 5.43. The number of benzene rings is 1. The van der Waals surface area contributed by atoms with Crippen LogP contribution in [-0.4, -0.2) is 21.8 Å². The van der Waals surface area contributed by atoms with Crippen LogP contribution < -0.4 is 11.1 Å². The number of nitrogens with one attached hydrogen (secondary N) is 1. The van der Waals surface area contributed by atoms with Crippen molar-refractivity contribution in [2.75, 3.05) is 11.1 Å². The summed E-state index contributed by atoms with van der Waals surface area (Å²) in [6, 6.07) is 8.05. The van der Waals surface area contributed by atoms with Crippen LogP contribution in [0.15, 0.2) is 46.0 Å². The molecule has 1 aromatic heterocycles. The summed E-state index contributed by atoms with van der Waals surface area (Å²) in [6.45, 7) is 0. The third-order valence-corrected chi connectivity index (χ3v) is 6.85. The molecule has 1 amide bonds. The molecule has 8 heteroatoms. The lowest BCUT2D eigenvalue weighted by Gasteiger charge is -2.44. The van der Waals surface area contributed by atoms with Crippen molar-refractivity contribution in [3.05, 3.63) is 58.1 Å². The Morgan fingerprint density at radius 3 is 2.96 bits per heavy atom. The minimum absolute atomic E-state index is 0.243. The number of pyridine rings is 1. The lowest BCUT2D eigenvalue weighted by atomic mass is 9.69. The number of carbonyl (C=O) groups is 1. The number of rotatable bonds is 3. The quantitative estimate of drug-likeness (QED) is 0.693. The van der Waals surface area contributed by atoms with Crippen molar-refractivity contribution in [3.8, 4) is 0 Å². The van der Waals surface area contributed by atoms with Gasteiger partial charge in [-0.2, -0.15) is 0 Å².